The third kappa shape index (κ3) is 4.60. The van der Waals surface area contributed by atoms with Crippen molar-refractivity contribution in [2.24, 2.45) is 0 Å². The van der Waals surface area contributed by atoms with E-state index in [0.29, 0.717) is 12.1 Å². The molecule has 114 valence electrons. The largest absolute Gasteiger partial charge is 0.311 e. The molecule has 0 aliphatic carbocycles. The van der Waals surface area contributed by atoms with Gasteiger partial charge < -0.3 is 10.2 Å². The average molecular weight is 278 g/mol. The van der Waals surface area contributed by atoms with E-state index in [4.69, 9.17) is 0 Å². The minimum absolute atomic E-state index is 0.592. The predicted molar refractivity (Wildman–Crippen MR) is 84.1 cm³/mol. The second kappa shape index (κ2) is 7.23. The quantitative estimate of drug-likeness (QED) is 0.867. The summed E-state index contributed by atoms with van der Waals surface area (Å²) < 4.78 is 2.14. The summed E-state index contributed by atoms with van der Waals surface area (Å²) in [5, 5.41) is 8.21. The predicted octanol–water partition coefficient (Wildman–Crippen LogP) is 2.35. The molecule has 2 rings (SSSR count). The van der Waals surface area contributed by atoms with Gasteiger partial charge in [0.05, 0.1) is 5.69 Å². The molecule has 0 saturated carbocycles. The number of aromatic nitrogens is 2. The molecule has 20 heavy (non-hydrogen) atoms. The maximum absolute atomic E-state index is 4.53. The standard InChI is InChI=1S/C16H30N4/c1-13(2)17-16-7-5-8-19(12-16)9-6-10-20-15(4)11-14(3)18-20/h11,13,16-17H,5-10,12H2,1-4H3. The van der Waals surface area contributed by atoms with Crippen molar-refractivity contribution >= 4 is 0 Å². The Morgan fingerprint density at radius 1 is 1.35 bits per heavy atom. The highest BCUT2D eigenvalue weighted by Crippen LogP contribution is 2.11. The zero-order valence-electron chi connectivity index (χ0n) is 13.5. The summed E-state index contributed by atoms with van der Waals surface area (Å²) in [5.74, 6) is 0. The van der Waals surface area contributed by atoms with Gasteiger partial charge in [0.25, 0.3) is 0 Å². The van der Waals surface area contributed by atoms with Crippen LogP contribution in [0.5, 0.6) is 0 Å². The molecular formula is C16H30N4. The molecule has 1 unspecified atom stereocenters. The van der Waals surface area contributed by atoms with Gasteiger partial charge in [0, 0.05) is 30.9 Å². The van der Waals surface area contributed by atoms with E-state index in [2.05, 4.69) is 53.8 Å². The first kappa shape index (κ1) is 15.5. The second-order valence-corrected chi connectivity index (χ2v) is 6.46. The van der Waals surface area contributed by atoms with E-state index in [1.165, 1.54) is 44.6 Å². The number of aryl methyl sites for hydroxylation is 3. The number of rotatable bonds is 6. The smallest absolute Gasteiger partial charge is 0.0596 e. The number of nitrogens with zero attached hydrogens (tertiary/aromatic N) is 3. The molecule has 1 aromatic heterocycles. The molecule has 0 radical (unpaired) electrons. The molecular weight excluding hydrogens is 248 g/mol. The maximum Gasteiger partial charge on any atom is 0.0596 e. The van der Waals surface area contributed by atoms with Gasteiger partial charge in [-0.1, -0.05) is 13.8 Å². The van der Waals surface area contributed by atoms with Crippen molar-refractivity contribution in [3.05, 3.63) is 17.5 Å². The van der Waals surface area contributed by atoms with Crippen LogP contribution in [0, 0.1) is 13.8 Å². The molecule has 1 saturated heterocycles. The first-order chi connectivity index (χ1) is 9.54. The molecule has 1 N–H and O–H groups in total. The molecule has 1 fully saturated rings. The molecule has 2 heterocycles. The van der Waals surface area contributed by atoms with Crippen LogP contribution in [0.4, 0.5) is 0 Å². The molecule has 0 aromatic carbocycles. The summed E-state index contributed by atoms with van der Waals surface area (Å²) in [6, 6.07) is 3.43. The Hall–Kier alpha value is -0.870. The number of hydrogen-bond donors (Lipinski definition) is 1. The molecule has 0 amide bonds. The van der Waals surface area contributed by atoms with Gasteiger partial charge in [-0.25, -0.2) is 0 Å². The number of piperidine rings is 1. The zero-order chi connectivity index (χ0) is 14.5. The third-order valence-corrected chi connectivity index (χ3v) is 4.02. The van der Waals surface area contributed by atoms with Crippen molar-refractivity contribution in [1.29, 1.82) is 0 Å². The SMILES string of the molecule is Cc1cc(C)n(CCCN2CCCC(NC(C)C)C2)n1. The molecule has 4 nitrogen and oxygen atoms in total. The molecule has 4 heteroatoms. The molecule has 1 aliphatic heterocycles. The van der Waals surface area contributed by atoms with Crippen molar-refractivity contribution in [2.75, 3.05) is 19.6 Å². The first-order valence-electron chi connectivity index (χ1n) is 8.04. The van der Waals surface area contributed by atoms with Crippen LogP contribution in [-0.2, 0) is 6.54 Å². The summed E-state index contributed by atoms with van der Waals surface area (Å²) in [6.45, 7) is 13.4. The van der Waals surface area contributed by atoms with Gasteiger partial charge in [-0.2, -0.15) is 5.10 Å². The Balaban J connectivity index is 1.72. The van der Waals surface area contributed by atoms with Gasteiger partial charge in [-0.3, -0.25) is 4.68 Å². The fraction of sp³-hybridized carbons (Fsp3) is 0.812. The van der Waals surface area contributed by atoms with E-state index in [-0.39, 0.29) is 0 Å². The van der Waals surface area contributed by atoms with Gasteiger partial charge in [0.15, 0.2) is 0 Å². The lowest BCUT2D eigenvalue weighted by Crippen LogP contribution is -2.48. The third-order valence-electron chi connectivity index (χ3n) is 4.02. The second-order valence-electron chi connectivity index (χ2n) is 6.46. The van der Waals surface area contributed by atoms with E-state index in [0.717, 1.165) is 12.2 Å². The van der Waals surface area contributed by atoms with Crippen molar-refractivity contribution in [3.8, 4) is 0 Å². The van der Waals surface area contributed by atoms with Crippen LogP contribution in [0.15, 0.2) is 6.07 Å². The highest BCUT2D eigenvalue weighted by Gasteiger charge is 2.19. The van der Waals surface area contributed by atoms with E-state index in [9.17, 15) is 0 Å². The Morgan fingerprint density at radius 3 is 2.80 bits per heavy atom. The van der Waals surface area contributed by atoms with Gasteiger partial charge in [0.1, 0.15) is 0 Å². The van der Waals surface area contributed by atoms with E-state index in [1.54, 1.807) is 0 Å². The minimum atomic E-state index is 0.592. The van der Waals surface area contributed by atoms with E-state index >= 15 is 0 Å². The van der Waals surface area contributed by atoms with Crippen LogP contribution < -0.4 is 5.32 Å². The summed E-state index contributed by atoms with van der Waals surface area (Å²) in [5.41, 5.74) is 2.40. The molecule has 1 aromatic rings. The van der Waals surface area contributed by atoms with Crippen LogP contribution in [0.3, 0.4) is 0 Å². The molecule has 0 spiro atoms. The summed E-state index contributed by atoms with van der Waals surface area (Å²) in [7, 11) is 0. The molecule has 1 aliphatic rings. The molecule has 0 bridgehead atoms. The summed E-state index contributed by atoms with van der Waals surface area (Å²) >= 11 is 0. The summed E-state index contributed by atoms with van der Waals surface area (Å²) in [4.78, 5) is 2.61. The van der Waals surface area contributed by atoms with Crippen molar-refractivity contribution in [1.82, 2.24) is 20.0 Å². The van der Waals surface area contributed by atoms with Crippen molar-refractivity contribution < 1.29 is 0 Å². The normalized spacial score (nSPS) is 20.8. The van der Waals surface area contributed by atoms with E-state index in [1.807, 2.05) is 0 Å². The van der Waals surface area contributed by atoms with Crippen molar-refractivity contribution in [3.63, 3.8) is 0 Å². The highest BCUT2D eigenvalue weighted by atomic mass is 15.3. The van der Waals surface area contributed by atoms with Crippen LogP contribution in [0.1, 0.15) is 44.5 Å². The lowest BCUT2D eigenvalue weighted by molar-refractivity contribution is 0.181. The Labute approximate surface area is 123 Å². The van der Waals surface area contributed by atoms with Crippen LogP contribution >= 0.6 is 0 Å². The van der Waals surface area contributed by atoms with Crippen LogP contribution in [0.25, 0.3) is 0 Å². The maximum atomic E-state index is 4.53. The van der Waals surface area contributed by atoms with Gasteiger partial charge >= 0.3 is 0 Å². The van der Waals surface area contributed by atoms with Crippen molar-refractivity contribution in [2.45, 2.75) is 65.6 Å². The average Bonchev–Trinajstić information content (AvgIpc) is 2.67. The minimum Gasteiger partial charge on any atom is -0.311 e. The topological polar surface area (TPSA) is 33.1 Å². The lowest BCUT2D eigenvalue weighted by atomic mass is 10.0. The van der Waals surface area contributed by atoms with Crippen LogP contribution in [0.2, 0.25) is 0 Å². The highest BCUT2D eigenvalue weighted by molar-refractivity contribution is 5.06. The van der Waals surface area contributed by atoms with Gasteiger partial charge in [0.2, 0.25) is 0 Å². The van der Waals surface area contributed by atoms with E-state index < -0.39 is 0 Å². The summed E-state index contributed by atoms with van der Waals surface area (Å²) in [6.07, 6.45) is 3.84. The van der Waals surface area contributed by atoms with Gasteiger partial charge in [-0.05, 0) is 52.3 Å². The molecule has 1 atom stereocenters. The van der Waals surface area contributed by atoms with Gasteiger partial charge in [-0.15, -0.1) is 0 Å². The fourth-order valence-corrected chi connectivity index (χ4v) is 3.21. The fourth-order valence-electron chi connectivity index (χ4n) is 3.21. The lowest BCUT2D eigenvalue weighted by Gasteiger charge is -2.34. The number of nitrogens with one attached hydrogen (secondary N) is 1. The first-order valence-corrected chi connectivity index (χ1v) is 8.04. The van der Waals surface area contributed by atoms with Crippen LogP contribution in [-0.4, -0.2) is 46.4 Å². The Kier molecular flexibility index (Phi) is 5.61. The zero-order valence-corrected chi connectivity index (χ0v) is 13.5. The Bertz CT molecular complexity index is 411. The Morgan fingerprint density at radius 2 is 2.15 bits per heavy atom. The monoisotopic (exact) mass is 278 g/mol. The number of hydrogen-bond acceptors (Lipinski definition) is 3. The number of likely N-dealkylation sites (tertiary alicyclic amines) is 1.